The fourth-order valence-corrected chi connectivity index (χ4v) is 11.5. The average molecular weight is 1040 g/mol. The molecule has 0 atom stereocenters. The molecule has 3 aromatic heterocycles. The Morgan fingerprint density at radius 2 is 0.770 bits per heavy atom. The molecule has 0 saturated carbocycles. The quantitative estimate of drug-likeness (QED) is 0.0362. The molecule has 0 unspecified atom stereocenters. The summed E-state index contributed by atoms with van der Waals surface area (Å²) in [4.78, 5) is 14.9. The molecule has 0 aliphatic carbocycles. The van der Waals surface area contributed by atoms with Crippen LogP contribution in [0, 0.1) is 0 Å². The number of hydrogen-bond donors (Lipinski definition) is 0. The number of unbranched alkanes of at least 4 members (excludes halogenated alkanes) is 20. The lowest BCUT2D eigenvalue weighted by Gasteiger charge is -2.16. The molecular weight excluding hydrogens is 949 g/mol. The Kier molecular flexibility index (Phi) is 24.7. The summed E-state index contributed by atoms with van der Waals surface area (Å²) in [6.45, 7) is 11.9. The van der Waals surface area contributed by atoms with Crippen molar-refractivity contribution in [1.82, 2.24) is 9.97 Å². The maximum absolute atomic E-state index is 6.62. The van der Waals surface area contributed by atoms with Gasteiger partial charge in [0.1, 0.15) is 23.0 Å². The fraction of sp³-hybridized carbons (Fsp3) is 0.485. The Balaban J connectivity index is 1.26. The standard InChI is InChI=1S/C66H86N2O4S2/c1-5-9-13-17-21-25-43-69-53-34-29-32-51(48-53)63-64(52-33-30-35-54(49-52)70-44-26-22-18-14-10-6-2)68-66-57(39-38-56(65(66)67-63)60-36-31-47-73-60)61-41-42-62(74-61)58-50-55(71-45-27-23-19-15-11-7-3)37-40-59(58)72-46-28-24-20-16-12-8-4/h29-42,47-50H,5-28,43-46H2,1-4H3. The molecule has 0 N–H and O–H groups in total. The van der Waals surface area contributed by atoms with Crippen LogP contribution < -0.4 is 18.9 Å². The molecule has 8 heteroatoms. The highest BCUT2D eigenvalue weighted by Gasteiger charge is 2.22. The maximum Gasteiger partial charge on any atom is 0.128 e. The van der Waals surface area contributed by atoms with E-state index >= 15 is 0 Å². The topological polar surface area (TPSA) is 62.7 Å². The molecular formula is C66H86N2O4S2. The van der Waals surface area contributed by atoms with E-state index in [0.717, 1.165) is 120 Å². The highest BCUT2D eigenvalue weighted by Crippen LogP contribution is 2.45. The second-order valence-corrected chi connectivity index (χ2v) is 22.1. The summed E-state index contributed by atoms with van der Waals surface area (Å²) in [5, 5.41) is 2.14. The Morgan fingerprint density at radius 1 is 0.351 bits per heavy atom. The summed E-state index contributed by atoms with van der Waals surface area (Å²) in [6.07, 6.45) is 29.4. The Morgan fingerprint density at radius 3 is 1.23 bits per heavy atom. The van der Waals surface area contributed by atoms with Gasteiger partial charge in [-0.1, -0.05) is 199 Å². The van der Waals surface area contributed by atoms with Gasteiger partial charge in [0.25, 0.3) is 0 Å². The number of ether oxygens (including phenoxy) is 4. The van der Waals surface area contributed by atoms with Gasteiger partial charge in [-0.2, -0.15) is 0 Å². The molecule has 0 spiro atoms. The van der Waals surface area contributed by atoms with E-state index in [0.29, 0.717) is 19.8 Å². The lowest BCUT2D eigenvalue weighted by Crippen LogP contribution is -2.01. The van der Waals surface area contributed by atoms with E-state index < -0.39 is 0 Å². The van der Waals surface area contributed by atoms with Gasteiger partial charge in [0.2, 0.25) is 0 Å². The second kappa shape index (κ2) is 32.3. The first-order chi connectivity index (χ1) is 36.6. The predicted molar refractivity (Wildman–Crippen MR) is 318 cm³/mol. The van der Waals surface area contributed by atoms with Crippen molar-refractivity contribution in [1.29, 1.82) is 0 Å². The minimum Gasteiger partial charge on any atom is -0.494 e. The monoisotopic (exact) mass is 1030 g/mol. The van der Waals surface area contributed by atoms with E-state index in [4.69, 9.17) is 28.9 Å². The van der Waals surface area contributed by atoms with Gasteiger partial charge in [0.05, 0.1) is 48.8 Å². The lowest BCUT2D eigenvalue weighted by atomic mass is 10.00. The molecule has 0 saturated heterocycles. The van der Waals surface area contributed by atoms with Gasteiger partial charge in [-0.3, -0.25) is 0 Å². The smallest absolute Gasteiger partial charge is 0.128 e. The van der Waals surface area contributed by atoms with Gasteiger partial charge in [-0.15, -0.1) is 22.7 Å². The van der Waals surface area contributed by atoms with Crippen molar-refractivity contribution in [3.63, 3.8) is 0 Å². The molecule has 0 fully saturated rings. The van der Waals surface area contributed by atoms with E-state index in [2.05, 4.69) is 136 Å². The highest BCUT2D eigenvalue weighted by atomic mass is 32.1. The number of hydrogen-bond acceptors (Lipinski definition) is 8. The normalized spacial score (nSPS) is 11.4. The first kappa shape index (κ1) is 56.5. The minimum absolute atomic E-state index is 0.693. The summed E-state index contributed by atoms with van der Waals surface area (Å²) in [6, 6.07) is 36.6. The highest BCUT2D eigenvalue weighted by molar-refractivity contribution is 7.19. The van der Waals surface area contributed by atoms with Crippen LogP contribution in [-0.2, 0) is 0 Å². The van der Waals surface area contributed by atoms with Crippen molar-refractivity contribution in [2.45, 2.75) is 182 Å². The Labute approximate surface area is 453 Å². The van der Waals surface area contributed by atoms with E-state index in [1.807, 2.05) is 0 Å². The predicted octanol–water partition coefficient (Wildman–Crippen LogP) is 21.0. The number of nitrogens with zero attached hydrogens (tertiary/aromatic N) is 2. The summed E-state index contributed by atoms with van der Waals surface area (Å²) >= 11 is 3.51. The molecule has 74 heavy (non-hydrogen) atoms. The van der Waals surface area contributed by atoms with Crippen molar-refractivity contribution in [2.24, 2.45) is 0 Å². The molecule has 7 aromatic rings. The zero-order chi connectivity index (χ0) is 51.4. The second-order valence-electron chi connectivity index (χ2n) is 20.1. The molecule has 0 radical (unpaired) electrons. The molecule has 3 heterocycles. The van der Waals surface area contributed by atoms with Crippen LogP contribution in [0.1, 0.15) is 182 Å². The van der Waals surface area contributed by atoms with E-state index in [1.54, 1.807) is 22.7 Å². The summed E-state index contributed by atoms with van der Waals surface area (Å²) < 4.78 is 25.9. The lowest BCUT2D eigenvalue weighted by molar-refractivity contribution is 0.297. The largest absolute Gasteiger partial charge is 0.494 e. The van der Waals surface area contributed by atoms with Crippen molar-refractivity contribution in [3.05, 3.63) is 109 Å². The number of fused-ring (bicyclic) bond motifs is 1. The summed E-state index contributed by atoms with van der Waals surface area (Å²) in [5.41, 5.74) is 8.51. The first-order valence-corrected chi connectivity index (χ1v) is 30.6. The number of aromatic nitrogens is 2. The molecule has 7 rings (SSSR count). The van der Waals surface area contributed by atoms with E-state index in [-0.39, 0.29) is 0 Å². The first-order valence-electron chi connectivity index (χ1n) is 28.9. The summed E-state index contributed by atoms with van der Waals surface area (Å²) in [5.74, 6) is 3.49. The van der Waals surface area contributed by atoms with E-state index in [1.165, 1.54) is 128 Å². The zero-order valence-corrected chi connectivity index (χ0v) is 47.2. The fourth-order valence-electron chi connectivity index (χ4n) is 9.66. The zero-order valence-electron chi connectivity index (χ0n) is 45.5. The Bertz CT molecular complexity index is 2670. The third kappa shape index (κ3) is 17.4. The molecule has 0 bridgehead atoms. The van der Waals surface area contributed by atoms with Gasteiger partial charge in [-0.25, -0.2) is 9.97 Å². The van der Waals surface area contributed by atoms with Crippen molar-refractivity contribution < 1.29 is 18.9 Å². The van der Waals surface area contributed by atoms with Gasteiger partial charge in [-0.05, 0) is 91.7 Å². The third-order valence-corrected chi connectivity index (χ3v) is 16.0. The van der Waals surface area contributed by atoms with E-state index in [9.17, 15) is 0 Å². The average Bonchev–Trinajstić information content (AvgIpc) is 4.16. The molecule has 0 amide bonds. The van der Waals surface area contributed by atoms with Gasteiger partial charge < -0.3 is 18.9 Å². The van der Waals surface area contributed by atoms with Crippen LogP contribution in [0.15, 0.2) is 109 Å². The van der Waals surface area contributed by atoms with Crippen LogP contribution in [0.3, 0.4) is 0 Å². The van der Waals surface area contributed by atoms with Gasteiger partial charge >= 0.3 is 0 Å². The minimum atomic E-state index is 0.693. The van der Waals surface area contributed by atoms with Crippen molar-refractivity contribution >= 4 is 33.7 Å². The number of benzene rings is 4. The van der Waals surface area contributed by atoms with Crippen LogP contribution in [-0.4, -0.2) is 36.4 Å². The van der Waals surface area contributed by atoms with Crippen LogP contribution in [0.2, 0.25) is 0 Å². The van der Waals surface area contributed by atoms with Crippen molar-refractivity contribution in [2.75, 3.05) is 26.4 Å². The molecule has 6 nitrogen and oxygen atoms in total. The van der Waals surface area contributed by atoms with Crippen LogP contribution in [0.4, 0.5) is 0 Å². The Hall–Kier alpha value is -5.18. The molecule has 396 valence electrons. The number of thiophene rings is 2. The SMILES string of the molecule is CCCCCCCCOc1cccc(-c2nc3c(-c4cccs4)ccc(-c4ccc(-c5cc(OCCCCCCCC)ccc5OCCCCCCCC)s4)c3nc2-c2cccc(OCCCCCCCC)c2)c1. The van der Waals surface area contributed by atoms with Crippen LogP contribution >= 0.6 is 22.7 Å². The van der Waals surface area contributed by atoms with Crippen LogP contribution in [0.5, 0.6) is 23.0 Å². The summed E-state index contributed by atoms with van der Waals surface area (Å²) in [7, 11) is 0. The van der Waals surface area contributed by atoms with Gasteiger partial charge in [0, 0.05) is 42.4 Å². The molecule has 0 aliphatic heterocycles. The third-order valence-electron chi connectivity index (χ3n) is 14.0. The van der Waals surface area contributed by atoms with Crippen LogP contribution in [0.25, 0.3) is 64.9 Å². The number of rotatable bonds is 37. The maximum atomic E-state index is 6.62. The van der Waals surface area contributed by atoms with Crippen molar-refractivity contribution in [3.8, 4) is 76.8 Å². The molecule has 0 aliphatic rings. The molecule has 4 aromatic carbocycles. The van der Waals surface area contributed by atoms with Gasteiger partial charge in [0.15, 0.2) is 0 Å².